The van der Waals surface area contributed by atoms with Crippen molar-refractivity contribution < 1.29 is 13.9 Å². The predicted molar refractivity (Wildman–Crippen MR) is 67.1 cm³/mol. The van der Waals surface area contributed by atoms with Gasteiger partial charge in [0.25, 0.3) is 0 Å². The van der Waals surface area contributed by atoms with Crippen LogP contribution >= 0.6 is 11.6 Å². The van der Waals surface area contributed by atoms with Crippen molar-refractivity contribution in [3.05, 3.63) is 53.3 Å². The highest BCUT2D eigenvalue weighted by Gasteiger charge is 2.09. The fourth-order valence-corrected chi connectivity index (χ4v) is 1.75. The summed E-state index contributed by atoms with van der Waals surface area (Å²) in [6, 6.07) is 11.0. The van der Waals surface area contributed by atoms with Crippen molar-refractivity contribution >= 4 is 17.7 Å². The van der Waals surface area contributed by atoms with Crippen LogP contribution in [0.5, 0.6) is 5.75 Å². The van der Waals surface area contributed by atoms with Gasteiger partial charge < -0.3 is 10.5 Å². The molecule has 0 aliphatic carbocycles. The van der Waals surface area contributed by atoms with E-state index >= 15 is 0 Å². The summed E-state index contributed by atoms with van der Waals surface area (Å²) in [5, 5.41) is 0.00128. The average molecular weight is 266 g/mol. The van der Waals surface area contributed by atoms with Gasteiger partial charge in [-0.3, -0.25) is 0 Å². The molecule has 0 fully saturated rings. The molecule has 0 spiro atoms. The molecule has 0 unspecified atom stereocenters. The Morgan fingerprint density at radius 3 is 2.61 bits per heavy atom. The van der Waals surface area contributed by atoms with Gasteiger partial charge in [0.05, 0.1) is 5.02 Å². The van der Waals surface area contributed by atoms with Crippen LogP contribution in [-0.2, 0) is 0 Å². The summed E-state index contributed by atoms with van der Waals surface area (Å²) in [6.07, 6.45) is -0.907. The average Bonchev–Trinajstić information content (AvgIpc) is 2.33. The van der Waals surface area contributed by atoms with Crippen LogP contribution in [0.2, 0.25) is 5.02 Å². The maximum absolute atomic E-state index is 13.1. The number of amides is 1. The molecule has 0 saturated carbocycles. The number of carbonyl (C=O) groups is 1. The molecule has 2 N–H and O–H groups in total. The lowest BCUT2D eigenvalue weighted by molar-refractivity contribution is 0.211. The van der Waals surface area contributed by atoms with Crippen molar-refractivity contribution in [3.63, 3.8) is 0 Å². The van der Waals surface area contributed by atoms with E-state index in [1.54, 1.807) is 30.3 Å². The number of benzene rings is 2. The summed E-state index contributed by atoms with van der Waals surface area (Å²) in [5.74, 6) is -0.207. The summed E-state index contributed by atoms with van der Waals surface area (Å²) in [6.45, 7) is 0. The topological polar surface area (TPSA) is 52.3 Å². The lowest BCUT2D eigenvalue weighted by Crippen LogP contribution is -2.16. The Labute approximate surface area is 108 Å². The summed E-state index contributed by atoms with van der Waals surface area (Å²) < 4.78 is 18.0. The van der Waals surface area contributed by atoms with Crippen LogP contribution in [0.3, 0.4) is 0 Å². The van der Waals surface area contributed by atoms with E-state index in [2.05, 4.69) is 0 Å². The molecule has 0 aliphatic rings. The Morgan fingerprint density at radius 2 is 1.94 bits per heavy atom. The molecule has 0 saturated heterocycles. The molecule has 0 aliphatic heterocycles. The number of carbonyl (C=O) groups excluding carboxylic acids is 1. The largest absolute Gasteiger partial charge is 0.410 e. The second-order valence-electron chi connectivity index (χ2n) is 3.55. The van der Waals surface area contributed by atoms with Crippen LogP contribution < -0.4 is 10.5 Å². The third-order valence-corrected chi connectivity index (χ3v) is 2.62. The molecule has 0 aromatic heterocycles. The van der Waals surface area contributed by atoms with E-state index in [-0.39, 0.29) is 5.02 Å². The van der Waals surface area contributed by atoms with Crippen molar-refractivity contribution in [1.82, 2.24) is 0 Å². The zero-order valence-corrected chi connectivity index (χ0v) is 9.95. The minimum absolute atomic E-state index is 0.00128. The first-order chi connectivity index (χ1) is 8.58. The van der Waals surface area contributed by atoms with Gasteiger partial charge in [-0.2, -0.15) is 0 Å². The fraction of sp³-hybridized carbons (Fsp3) is 0. The van der Waals surface area contributed by atoms with Crippen molar-refractivity contribution in [2.45, 2.75) is 0 Å². The number of primary amides is 1. The van der Waals surface area contributed by atoms with Crippen LogP contribution in [0.25, 0.3) is 11.1 Å². The molecule has 0 atom stereocenters. The highest BCUT2D eigenvalue weighted by atomic mass is 35.5. The number of nitrogens with two attached hydrogens (primary N) is 1. The third-order valence-electron chi connectivity index (χ3n) is 2.33. The first-order valence-electron chi connectivity index (χ1n) is 5.09. The Bertz CT molecular complexity index is 601. The van der Waals surface area contributed by atoms with Gasteiger partial charge in [0.1, 0.15) is 11.6 Å². The first kappa shape index (κ1) is 12.4. The normalized spacial score (nSPS) is 10.1. The van der Waals surface area contributed by atoms with Gasteiger partial charge >= 0.3 is 6.09 Å². The van der Waals surface area contributed by atoms with E-state index in [1.807, 2.05) is 0 Å². The SMILES string of the molecule is NC(=O)Oc1ccccc1-c1ccc(F)c(Cl)c1. The molecule has 0 heterocycles. The van der Waals surface area contributed by atoms with Gasteiger partial charge in [0.15, 0.2) is 0 Å². The second-order valence-corrected chi connectivity index (χ2v) is 3.95. The zero-order chi connectivity index (χ0) is 13.1. The Hall–Kier alpha value is -2.07. The monoisotopic (exact) mass is 265 g/mol. The number of rotatable bonds is 2. The molecule has 2 rings (SSSR count). The maximum Gasteiger partial charge on any atom is 0.409 e. The lowest BCUT2D eigenvalue weighted by Gasteiger charge is -2.09. The number of hydrogen-bond acceptors (Lipinski definition) is 2. The van der Waals surface area contributed by atoms with Crippen LogP contribution in [-0.4, -0.2) is 6.09 Å². The summed E-state index contributed by atoms with van der Waals surface area (Å²) in [4.78, 5) is 10.8. The summed E-state index contributed by atoms with van der Waals surface area (Å²) in [7, 11) is 0. The van der Waals surface area contributed by atoms with Gasteiger partial charge in [0.2, 0.25) is 0 Å². The van der Waals surface area contributed by atoms with E-state index < -0.39 is 11.9 Å². The van der Waals surface area contributed by atoms with Crippen molar-refractivity contribution in [2.24, 2.45) is 5.73 Å². The van der Waals surface area contributed by atoms with Gasteiger partial charge in [-0.05, 0) is 23.8 Å². The smallest absolute Gasteiger partial charge is 0.409 e. The molecule has 92 valence electrons. The molecule has 3 nitrogen and oxygen atoms in total. The van der Waals surface area contributed by atoms with E-state index in [0.29, 0.717) is 16.9 Å². The highest BCUT2D eigenvalue weighted by Crippen LogP contribution is 2.32. The molecule has 1 amide bonds. The van der Waals surface area contributed by atoms with Crippen LogP contribution in [0.15, 0.2) is 42.5 Å². The Morgan fingerprint density at radius 1 is 1.22 bits per heavy atom. The number of halogens is 2. The van der Waals surface area contributed by atoms with E-state index in [9.17, 15) is 9.18 Å². The lowest BCUT2D eigenvalue weighted by atomic mass is 10.0. The Balaban J connectivity index is 2.49. The molecule has 2 aromatic rings. The quantitative estimate of drug-likeness (QED) is 0.902. The van der Waals surface area contributed by atoms with Crippen molar-refractivity contribution in [3.8, 4) is 16.9 Å². The van der Waals surface area contributed by atoms with Gasteiger partial charge in [-0.15, -0.1) is 0 Å². The van der Waals surface area contributed by atoms with Crippen LogP contribution in [0, 0.1) is 5.82 Å². The number of ether oxygens (including phenoxy) is 1. The minimum atomic E-state index is -0.907. The molecule has 0 radical (unpaired) electrons. The predicted octanol–water partition coefficient (Wildman–Crippen LogP) is 3.60. The number of para-hydroxylation sites is 1. The second kappa shape index (κ2) is 5.06. The van der Waals surface area contributed by atoms with Gasteiger partial charge in [0, 0.05) is 5.56 Å². The zero-order valence-electron chi connectivity index (χ0n) is 9.19. The molecule has 0 bridgehead atoms. The molecule has 5 heteroatoms. The van der Waals surface area contributed by atoms with Crippen molar-refractivity contribution in [1.29, 1.82) is 0 Å². The highest BCUT2D eigenvalue weighted by molar-refractivity contribution is 6.31. The van der Waals surface area contributed by atoms with Crippen LogP contribution in [0.1, 0.15) is 0 Å². The Kier molecular flexibility index (Phi) is 3.48. The third kappa shape index (κ3) is 2.60. The van der Waals surface area contributed by atoms with Gasteiger partial charge in [-0.1, -0.05) is 35.9 Å². The molecule has 2 aromatic carbocycles. The molecular weight excluding hydrogens is 257 g/mol. The van der Waals surface area contributed by atoms with Crippen molar-refractivity contribution in [2.75, 3.05) is 0 Å². The summed E-state index contributed by atoms with van der Waals surface area (Å²) >= 11 is 5.71. The maximum atomic E-state index is 13.1. The standard InChI is InChI=1S/C13H9ClFNO2/c14-10-7-8(5-6-11(10)15)9-3-1-2-4-12(9)18-13(16)17/h1-7H,(H2,16,17). The summed E-state index contributed by atoms with van der Waals surface area (Å²) in [5.41, 5.74) is 6.22. The number of hydrogen-bond donors (Lipinski definition) is 1. The van der Waals surface area contributed by atoms with Crippen LogP contribution in [0.4, 0.5) is 9.18 Å². The minimum Gasteiger partial charge on any atom is -0.410 e. The van der Waals surface area contributed by atoms with E-state index in [4.69, 9.17) is 22.1 Å². The fourth-order valence-electron chi connectivity index (χ4n) is 1.57. The molecular formula is C13H9ClFNO2. The van der Waals surface area contributed by atoms with E-state index in [1.165, 1.54) is 12.1 Å². The molecule has 18 heavy (non-hydrogen) atoms. The van der Waals surface area contributed by atoms with E-state index in [0.717, 1.165) is 0 Å². The first-order valence-corrected chi connectivity index (χ1v) is 5.47. The van der Waals surface area contributed by atoms with Gasteiger partial charge in [-0.25, -0.2) is 9.18 Å².